The lowest BCUT2D eigenvalue weighted by atomic mass is 10.1. The number of hydrogen-bond acceptors (Lipinski definition) is 2. The Bertz CT molecular complexity index is 647. The van der Waals surface area contributed by atoms with Crippen LogP contribution in [0.5, 0.6) is 0 Å². The van der Waals surface area contributed by atoms with Crippen LogP contribution in [0.15, 0.2) is 23.0 Å². The predicted octanol–water partition coefficient (Wildman–Crippen LogP) is 3.22. The van der Waals surface area contributed by atoms with Crippen LogP contribution < -0.4 is 5.56 Å². The van der Waals surface area contributed by atoms with Gasteiger partial charge in [-0.15, -0.1) is 0 Å². The minimum absolute atomic E-state index is 0.0571. The van der Waals surface area contributed by atoms with Crippen molar-refractivity contribution in [1.82, 2.24) is 9.97 Å². The molecule has 1 aromatic heterocycles. The molecule has 0 saturated heterocycles. The lowest BCUT2D eigenvalue weighted by molar-refractivity contribution is 0.967. The molecule has 0 radical (unpaired) electrons. The molecule has 1 aromatic carbocycles. The third-order valence-electron chi connectivity index (χ3n) is 2.91. The highest BCUT2D eigenvalue weighted by Crippen LogP contribution is 2.21. The maximum Gasteiger partial charge on any atom is 0.264 e. The maximum atomic E-state index is 11.9. The molecular weight excluding hydrogens is 339 g/mol. The number of benzene rings is 1. The van der Waals surface area contributed by atoms with E-state index in [1.807, 2.05) is 26.8 Å². The molecule has 0 saturated carbocycles. The summed E-state index contributed by atoms with van der Waals surface area (Å²) >= 11 is 2.05. The highest BCUT2D eigenvalue weighted by Gasteiger charge is 2.10. The SMILES string of the molecule is CCc1nc(-c2cc(C)ccc2C)[nH]c(=O)c1I. The van der Waals surface area contributed by atoms with Gasteiger partial charge in [-0.1, -0.05) is 24.6 Å². The predicted molar refractivity (Wildman–Crippen MR) is 81.9 cm³/mol. The second kappa shape index (κ2) is 5.22. The molecule has 0 aliphatic heterocycles. The van der Waals surface area contributed by atoms with Crippen molar-refractivity contribution in [2.24, 2.45) is 0 Å². The number of hydrogen-bond donors (Lipinski definition) is 1. The van der Waals surface area contributed by atoms with Gasteiger partial charge in [0, 0.05) is 5.56 Å². The Morgan fingerprint density at radius 3 is 2.72 bits per heavy atom. The molecule has 0 aliphatic rings. The van der Waals surface area contributed by atoms with Crippen LogP contribution in [0.1, 0.15) is 23.7 Å². The van der Waals surface area contributed by atoms with Crippen LogP contribution in [0.2, 0.25) is 0 Å². The second-order valence-corrected chi connectivity index (χ2v) is 5.43. The maximum absolute atomic E-state index is 11.9. The smallest absolute Gasteiger partial charge is 0.264 e. The van der Waals surface area contributed by atoms with E-state index in [0.717, 1.165) is 28.8 Å². The summed E-state index contributed by atoms with van der Waals surface area (Å²) in [6.45, 7) is 6.07. The van der Waals surface area contributed by atoms with Gasteiger partial charge in [-0.2, -0.15) is 0 Å². The van der Waals surface area contributed by atoms with E-state index >= 15 is 0 Å². The zero-order chi connectivity index (χ0) is 13.3. The quantitative estimate of drug-likeness (QED) is 0.842. The van der Waals surface area contributed by atoms with Crippen molar-refractivity contribution in [2.75, 3.05) is 0 Å². The summed E-state index contributed by atoms with van der Waals surface area (Å²) in [5.74, 6) is 0.665. The van der Waals surface area contributed by atoms with Gasteiger partial charge >= 0.3 is 0 Å². The van der Waals surface area contributed by atoms with Crippen molar-refractivity contribution in [2.45, 2.75) is 27.2 Å². The van der Waals surface area contributed by atoms with Crippen LogP contribution in [-0.2, 0) is 6.42 Å². The summed E-state index contributed by atoms with van der Waals surface area (Å²) in [5.41, 5.74) is 4.08. The fraction of sp³-hybridized carbons (Fsp3) is 0.286. The van der Waals surface area contributed by atoms with Gasteiger partial charge in [0.15, 0.2) is 0 Å². The summed E-state index contributed by atoms with van der Waals surface area (Å²) in [7, 11) is 0. The largest absolute Gasteiger partial charge is 0.306 e. The molecule has 0 atom stereocenters. The number of aryl methyl sites for hydroxylation is 3. The van der Waals surface area contributed by atoms with E-state index < -0.39 is 0 Å². The fourth-order valence-electron chi connectivity index (χ4n) is 1.86. The van der Waals surface area contributed by atoms with Crippen LogP contribution >= 0.6 is 22.6 Å². The Morgan fingerprint density at radius 1 is 1.33 bits per heavy atom. The van der Waals surface area contributed by atoms with Crippen LogP contribution in [0.3, 0.4) is 0 Å². The molecule has 94 valence electrons. The molecule has 0 amide bonds. The topological polar surface area (TPSA) is 45.8 Å². The van der Waals surface area contributed by atoms with Crippen LogP contribution in [0.4, 0.5) is 0 Å². The highest BCUT2D eigenvalue weighted by molar-refractivity contribution is 14.1. The van der Waals surface area contributed by atoms with Crippen molar-refractivity contribution in [1.29, 1.82) is 0 Å². The summed E-state index contributed by atoms with van der Waals surface area (Å²) < 4.78 is 0.684. The van der Waals surface area contributed by atoms with Crippen molar-refractivity contribution >= 4 is 22.6 Å². The molecule has 18 heavy (non-hydrogen) atoms. The van der Waals surface area contributed by atoms with Gasteiger partial charge < -0.3 is 4.98 Å². The first-order valence-electron chi connectivity index (χ1n) is 5.89. The van der Waals surface area contributed by atoms with Crippen LogP contribution in [-0.4, -0.2) is 9.97 Å². The number of aromatic nitrogens is 2. The number of halogens is 1. The average Bonchev–Trinajstić information content (AvgIpc) is 2.35. The van der Waals surface area contributed by atoms with Crippen molar-refractivity contribution in [3.63, 3.8) is 0 Å². The summed E-state index contributed by atoms with van der Waals surface area (Å²) in [4.78, 5) is 19.3. The summed E-state index contributed by atoms with van der Waals surface area (Å²) in [5, 5.41) is 0. The lowest BCUT2D eigenvalue weighted by Gasteiger charge is -2.08. The first kappa shape index (κ1) is 13.3. The number of H-pyrrole nitrogens is 1. The number of nitrogens with zero attached hydrogens (tertiary/aromatic N) is 1. The van der Waals surface area contributed by atoms with Gasteiger partial charge in [0.25, 0.3) is 5.56 Å². The average molecular weight is 354 g/mol. The van der Waals surface area contributed by atoms with Gasteiger partial charge in [0.05, 0.1) is 9.26 Å². The van der Waals surface area contributed by atoms with E-state index in [0.29, 0.717) is 9.39 Å². The molecule has 0 aliphatic carbocycles. The second-order valence-electron chi connectivity index (χ2n) is 4.35. The van der Waals surface area contributed by atoms with E-state index in [9.17, 15) is 4.79 Å². The number of rotatable bonds is 2. The van der Waals surface area contributed by atoms with Crippen molar-refractivity contribution in [3.05, 3.63) is 48.9 Å². The molecular formula is C14H15IN2O. The Labute approximate surface area is 120 Å². The fourth-order valence-corrected chi connectivity index (χ4v) is 2.50. The van der Waals surface area contributed by atoms with E-state index in [2.05, 4.69) is 44.7 Å². The van der Waals surface area contributed by atoms with Gasteiger partial charge in [0.1, 0.15) is 5.82 Å². The van der Waals surface area contributed by atoms with Gasteiger partial charge in [-0.3, -0.25) is 4.79 Å². The molecule has 2 rings (SSSR count). The number of nitrogens with one attached hydrogen (secondary N) is 1. The highest BCUT2D eigenvalue weighted by atomic mass is 127. The molecule has 0 spiro atoms. The first-order valence-corrected chi connectivity index (χ1v) is 6.97. The minimum atomic E-state index is -0.0571. The van der Waals surface area contributed by atoms with E-state index in [1.54, 1.807) is 0 Å². The number of aromatic amines is 1. The molecule has 1 N–H and O–H groups in total. The molecule has 4 heteroatoms. The Hall–Kier alpha value is -1.17. The van der Waals surface area contributed by atoms with Crippen molar-refractivity contribution < 1.29 is 0 Å². The van der Waals surface area contributed by atoms with Crippen LogP contribution in [0, 0.1) is 17.4 Å². The normalized spacial score (nSPS) is 10.7. The van der Waals surface area contributed by atoms with Gasteiger partial charge in [-0.25, -0.2) is 4.98 Å². The molecule has 1 heterocycles. The minimum Gasteiger partial charge on any atom is -0.306 e. The third-order valence-corrected chi connectivity index (χ3v) is 4.03. The molecule has 2 aromatic rings. The standard InChI is InChI=1S/C14H15IN2O/c1-4-11-12(15)14(18)17-13(16-11)10-7-8(2)5-6-9(10)3/h5-7H,4H2,1-3H3,(H,16,17,18). The van der Waals surface area contributed by atoms with E-state index in [4.69, 9.17) is 0 Å². The van der Waals surface area contributed by atoms with Crippen LogP contribution in [0.25, 0.3) is 11.4 Å². The molecule has 0 bridgehead atoms. The zero-order valence-corrected chi connectivity index (χ0v) is 12.8. The molecule has 0 fully saturated rings. The Morgan fingerprint density at radius 2 is 2.06 bits per heavy atom. The van der Waals surface area contributed by atoms with E-state index in [-0.39, 0.29) is 5.56 Å². The molecule has 3 nitrogen and oxygen atoms in total. The Kier molecular flexibility index (Phi) is 3.85. The lowest BCUT2D eigenvalue weighted by Crippen LogP contribution is -2.16. The van der Waals surface area contributed by atoms with Crippen molar-refractivity contribution in [3.8, 4) is 11.4 Å². The Balaban J connectivity index is 2.68. The monoisotopic (exact) mass is 354 g/mol. The summed E-state index contributed by atoms with van der Waals surface area (Å²) in [6.07, 6.45) is 0.764. The third kappa shape index (κ3) is 2.48. The summed E-state index contributed by atoms with van der Waals surface area (Å²) in [6, 6.07) is 6.17. The zero-order valence-electron chi connectivity index (χ0n) is 10.7. The van der Waals surface area contributed by atoms with E-state index in [1.165, 1.54) is 0 Å². The van der Waals surface area contributed by atoms with Gasteiger partial charge in [-0.05, 0) is 54.5 Å². The first-order chi connectivity index (χ1) is 8.52. The molecule has 0 unspecified atom stereocenters. The van der Waals surface area contributed by atoms with Gasteiger partial charge in [0.2, 0.25) is 0 Å².